The van der Waals surface area contributed by atoms with Crippen molar-refractivity contribution in [3.05, 3.63) is 22.2 Å². The van der Waals surface area contributed by atoms with Crippen molar-refractivity contribution in [2.45, 2.75) is 26.8 Å². The molecule has 0 bridgehead atoms. The zero-order chi connectivity index (χ0) is 18.7. The van der Waals surface area contributed by atoms with Crippen molar-refractivity contribution in [3.63, 3.8) is 0 Å². The van der Waals surface area contributed by atoms with Crippen LogP contribution < -0.4 is 20.1 Å². The lowest BCUT2D eigenvalue weighted by Crippen LogP contribution is -2.38. The van der Waals surface area contributed by atoms with E-state index in [-0.39, 0.29) is 24.0 Å². The van der Waals surface area contributed by atoms with Crippen molar-refractivity contribution in [2.75, 3.05) is 41.0 Å². The molecule has 0 aliphatic heterocycles. The minimum absolute atomic E-state index is 0. The third-order valence-corrected chi connectivity index (χ3v) is 4.14. The van der Waals surface area contributed by atoms with Gasteiger partial charge in [-0.15, -0.1) is 24.0 Å². The molecule has 1 aromatic rings. The second kappa shape index (κ2) is 14.3. The third kappa shape index (κ3) is 9.27. The molecule has 0 heterocycles. The molecule has 0 aromatic heterocycles. The number of hydrogen-bond donors (Lipinski definition) is 2. The second-order valence-electron chi connectivity index (χ2n) is 5.96. The van der Waals surface area contributed by atoms with Gasteiger partial charge >= 0.3 is 0 Å². The SMILES string of the molecule is CN=C(NCCOCCC(C)C)NCc1cc(Br)c(OC)c(OC)c1.I. The largest absolute Gasteiger partial charge is 0.493 e. The van der Waals surface area contributed by atoms with Gasteiger partial charge in [-0.2, -0.15) is 0 Å². The van der Waals surface area contributed by atoms with E-state index < -0.39 is 0 Å². The number of rotatable bonds is 10. The van der Waals surface area contributed by atoms with Crippen LogP contribution in [0.4, 0.5) is 0 Å². The average Bonchev–Trinajstić information content (AvgIpc) is 2.59. The van der Waals surface area contributed by atoms with Crippen molar-refractivity contribution < 1.29 is 14.2 Å². The van der Waals surface area contributed by atoms with Crippen LogP contribution in [0, 0.1) is 5.92 Å². The standard InChI is InChI=1S/C18H30BrN3O3.HI/c1-13(2)6-8-25-9-7-21-18(20-3)22-12-14-10-15(19)17(24-5)16(11-14)23-4;/h10-11,13H,6-9,12H2,1-5H3,(H2,20,21,22);1H. The molecular weight excluding hydrogens is 513 g/mol. The quantitative estimate of drug-likeness (QED) is 0.203. The van der Waals surface area contributed by atoms with Gasteiger partial charge in [0.25, 0.3) is 0 Å². The van der Waals surface area contributed by atoms with E-state index in [4.69, 9.17) is 14.2 Å². The van der Waals surface area contributed by atoms with Crippen molar-refractivity contribution in [3.8, 4) is 11.5 Å². The monoisotopic (exact) mass is 543 g/mol. The van der Waals surface area contributed by atoms with Gasteiger partial charge in [-0.05, 0) is 46.0 Å². The number of nitrogens with zero attached hydrogens (tertiary/aromatic N) is 1. The molecule has 0 spiro atoms. The third-order valence-electron chi connectivity index (χ3n) is 3.56. The van der Waals surface area contributed by atoms with Gasteiger partial charge < -0.3 is 24.8 Å². The van der Waals surface area contributed by atoms with Gasteiger partial charge in [0, 0.05) is 26.7 Å². The normalized spacial score (nSPS) is 11.1. The molecule has 0 atom stereocenters. The summed E-state index contributed by atoms with van der Waals surface area (Å²) in [4.78, 5) is 4.22. The highest BCUT2D eigenvalue weighted by Crippen LogP contribution is 2.36. The first-order chi connectivity index (χ1) is 12.0. The van der Waals surface area contributed by atoms with Gasteiger partial charge in [0.05, 0.1) is 25.3 Å². The van der Waals surface area contributed by atoms with Crippen LogP contribution in [-0.2, 0) is 11.3 Å². The van der Waals surface area contributed by atoms with Crippen LogP contribution in [0.1, 0.15) is 25.8 Å². The molecule has 0 fully saturated rings. The van der Waals surface area contributed by atoms with Crippen LogP contribution >= 0.6 is 39.9 Å². The fourth-order valence-electron chi connectivity index (χ4n) is 2.14. The highest BCUT2D eigenvalue weighted by atomic mass is 127. The summed E-state index contributed by atoms with van der Waals surface area (Å²) >= 11 is 3.50. The maximum absolute atomic E-state index is 5.59. The topological polar surface area (TPSA) is 64.1 Å². The Bertz CT molecular complexity index is 557. The van der Waals surface area contributed by atoms with Gasteiger partial charge in [-0.3, -0.25) is 4.99 Å². The van der Waals surface area contributed by atoms with Gasteiger partial charge in [-0.1, -0.05) is 13.8 Å². The summed E-state index contributed by atoms with van der Waals surface area (Å²) in [5, 5.41) is 6.52. The van der Waals surface area contributed by atoms with E-state index in [0.717, 1.165) is 29.0 Å². The number of guanidine groups is 1. The molecule has 150 valence electrons. The number of hydrogen-bond acceptors (Lipinski definition) is 4. The zero-order valence-corrected chi connectivity index (χ0v) is 20.1. The Morgan fingerprint density at radius 1 is 1.15 bits per heavy atom. The Labute approximate surface area is 182 Å². The minimum Gasteiger partial charge on any atom is -0.493 e. The molecule has 8 heteroatoms. The van der Waals surface area contributed by atoms with Crippen LogP contribution in [0.15, 0.2) is 21.6 Å². The molecule has 2 N–H and O–H groups in total. The Hall–Kier alpha value is -0.740. The van der Waals surface area contributed by atoms with Crippen molar-refractivity contribution >= 4 is 45.9 Å². The van der Waals surface area contributed by atoms with Crippen LogP contribution in [0.5, 0.6) is 11.5 Å². The first-order valence-corrected chi connectivity index (χ1v) is 9.23. The maximum Gasteiger partial charge on any atom is 0.191 e. The lowest BCUT2D eigenvalue weighted by molar-refractivity contribution is 0.128. The number of ether oxygens (including phenoxy) is 3. The fraction of sp³-hybridized carbons (Fsp3) is 0.611. The Balaban J connectivity index is 0.00000625. The lowest BCUT2D eigenvalue weighted by Gasteiger charge is -2.15. The highest BCUT2D eigenvalue weighted by Gasteiger charge is 2.10. The van der Waals surface area contributed by atoms with E-state index in [1.165, 1.54) is 0 Å². The molecule has 0 aliphatic rings. The Morgan fingerprint density at radius 2 is 1.88 bits per heavy atom. The van der Waals surface area contributed by atoms with Gasteiger partial charge in [-0.25, -0.2) is 0 Å². The molecule has 1 rings (SSSR count). The summed E-state index contributed by atoms with van der Waals surface area (Å²) in [7, 11) is 5.00. The summed E-state index contributed by atoms with van der Waals surface area (Å²) in [6.07, 6.45) is 1.08. The molecule has 0 radical (unpaired) electrons. The summed E-state index contributed by atoms with van der Waals surface area (Å²) in [6, 6.07) is 3.94. The highest BCUT2D eigenvalue weighted by molar-refractivity contribution is 14.0. The van der Waals surface area contributed by atoms with Crippen molar-refractivity contribution in [1.82, 2.24) is 10.6 Å². The molecular formula is C18H31BrIN3O3. The first-order valence-electron chi connectivity index (χ1n) is 8.44. The first kappa shape index (κ1) is 25.3. The van der Waals surface area contributed by atoms with Crippen molar-refractivity contribution in [2.24, 2.45) is 10.9 Å². The number of methoxy groups -OCH3 is 2. The molecule has 0 saturated carbocycles. The van der Waals surface area contributed by atoms with Gasteiger partial charge in [0.1, 0.15) is 0 Å². The predicted octanol–water partition coefficient (Wildman–Crippen LogP) is 3.81. The lowest BCUT2D eigenvalue weighted by atomic mass is 10.1. The maximum atomic E-state index is 5.59. The summed E-state index contributed by atoms with van der Waals surface area (Å²) in [5.41, 5.74) is 1.06. The van der Waals surface area contributed by atoms with Gasteiger partial charge in [0.2, 0.25) is 0 Å². The van der Waals surface area contributed by atoms with E-state index in [0.29, 0.717) is 37.1 Å². The van der Waals surface area contributed by atoms with Crippen molar-refractivity contribution in [1.29, 1.82) is 0 Å². The van der Waals surface area contributed by atoms with E-state index in [1.807, 2.05) is 12.1 Å². The number of halogens is 2. The number of nitrogens with one attached hydrogen (secondary N) is 2. The smallest absolute Gasteiger partial charge is 0.191 e. The van der Waals surface area contributed by atoms with Crippen LogP contribution in [0.3, 0.4) is 0 Å². The van der Waals surface area contributed by atoms with E-state index in [9.17, 15) is 0 Å². The Morgan fingerprint density at radius 3 is 2.46 bits per heavy atom. The Kier molecular flexibility index (Phi) is 13.9. The second-order valence-corrected chi connectivity index (χ2v) is 6.81. The van der Waals surface area contributed by atoms with E-state index >= 15 is 0 Å². The predicted molar refractivity (Wildman–Crippen MR) is 121 cm³/mol. The number of aliphatic imine (C=N–C) groups is 1. The minimum atomic E-state index is 0. The molecule has 1 aromatic carbocycles. The summed E-state index contributed by atoms with van der Waals surface area (Å²) < 4.78 is 17.1. The molecule has 26 heavy (non-hydrogen) atoms. The van der Waals surface area contributed by atoms with E-state index in [2.05, 4.69) is 45.4 Å². The molecule has 6 nitrogen and oxygen atoms in total. The zero-order valence-electron chi connectivity index (χ0n) is 16.2. The van der Waals surface area contributed by atoms with Gasteiger partial charge in [0.15, 0.2) is 17.5 Å². The molecule has 0 amide bonds. The summed E-state index contributed by atoms with van der Waals surface area (Å²) in [5.74, 6) is 2.78. The average molecular weight is 544 g/mol. The molecule has 0 saturated heterocycles. The number of benzene rings is 1. The fourth-order valence-corrected chi connectivity index (χ4v) is 2.79. The van der Waals surface area contributed by atoms with Crippen LogP contribution in [-0.4, -0.2) is 47.0 Å². The molecule has 0 unspecified atom stereocenters. The summed E-state index contributed by atoms with van der Waals surface area (Å²) in [6.45, 7) is 7.18. The van der Waals surface area contributed by atoms with Crippen LogP contribution in [0.25, 0.3) is 0 Å². The molecule has 0 aliphatic carbocycles. The van der Waals surface area contributed by atoms with Crippen LogP contribution in [0.2, 0.25) is 0 Å². The van der Waals surface area contributed by atoms with E-state index in [1.54, 1.807) is 21.3 Å².